The number of unbranched alkanes of at least 4 members (excludes halogenated alkanes) is 3. The summed E-state index contributed by atoms with van der Waals surface area (Å²) in [5.74, 6) is 1.12. The summed E-state index contributed by atoms with van der Waals surface area (Å²) >= 11 is 0. The van der Waals surface area contributed by atoms with Crippen LogP contribution in [0.4, 0.5) is 0 Å². The Kier molecular flexibility index (Phi) is 6.80. The third-order valence-electron chi connectivity index (χ3n) is 4.80. The molecule has 0 aromatic rings. The summed E-state index contributed by atoms with van der Waals surface area (Å²) in [4.78, 5) is 11.6. The number of hydrogen-bond donors (Lipinski definition) is 2. The Labute approximate surface area is 122 Å². The first-order valence-electron chi connectivity index (χ1n) is 8.55. The van der Waals surface area contributed by atoms with Gasteiger partial charge in [0.15, 0.2) is 0 Å². The van der Waals surface area contributed by atoms with Crippen LogP contribution in [0.15, 0.2) is 0 Å². The Hall–Kier alpha value is -0.610. The molecule has 0 atom stereocenters. The van der Waals surface area contributed by atoms with Crippen LogP contribution in [-0.4, -0.2) is 25.0 Å². The van der Waals surface area contributed by atoms with Gasteiger partial charge in [-0.05, 0) is 12.3 Å². The van der Waals surface area contributed by atoms with Crippen LogP contribution < -0.4 is 10.4 Å². The van der Waals surface area contributed by atoms with Gasteiger partial charge in [-0.25, -0.2) is 0 Å². The third-order valence-corrected chi connectivity index (χ3v) is 4.80. The van der Waals surface area contributed by atoms with E-state index >= 15 is 0 Å². The number of hydroxylamine groups is 2. The van der Waals surface area contributed by atoms with Crippen LogP contribution in [0.25, 0.3) is 0 Å². The maximum atomic E-state index is 11.6. The van der Waals surface area contributed by atoms with Crippen LogP contribution in [0, 0.1) is 11.1 Å². The quantitative estimate of drug-likeness (QED) is 0.527. The molecule has 20 heavy (non-hydrogen) atoms. The Bertz CT molecular complexity index is 284. The smallest absolute Gasteiger partial charge is 0.220 e. The van der Waals surface area contributed by atoms with Crippen LogP contribution in [0.5, 0.6) is 0 Å². The summed E-state index contributed by atoms with van der Waals surface area (Å²) in [6, 6.07) is 0.140. The van der Waals surface area contributed by atoms with Crippen LogP contribution in [0.2, 0.25) is 0 Å². The zero-order chi connectivity index (χ0) is 14.2. The Morgan fingerprint density at radius 3 is 2.45 bits per heavy atom. The molecule has 1 amide bonds. The van der Waals surface area contributed by atoms with E-state index < -0.39 is 0 Å². The maximum absolute atomic E-state index is 11.6. The maximum Gasteiger partial charge on any atom is 0.220 e. The van der Waals surface area contributed by atoms with E-state index in [1.54, 1.807) is 0 Å². The fraction of sp³-hybridized carbons (Fsp3) is 0.938. The second-order valence-electron chi connectivity index (χ2n) is 6.67. The summed E-state index contributed by atoms with van der Waals surface area (Å²) in [7, 11) is 0. The minimum absolute atomic E-state index is 0.134. The number of nitrogens with one attached hydrogen (secondary N) is 2. The Morgan fingerprint density at radius 1 is 1.05 bits per heavy atom. The Morgan fingerprint density at radius 2 is 1.75 bits per heavy atom. The highest BCUT2D eigenvalue weighted by Gasteiger charge is 2.26. The van der Waals surface area contributed by atoms with Gasteiger partial charge in [-0.2, -0.15) is 0 Å². The summed E-state index contributed by atoms with van der Waals surface area (Å²) in [5.41, 5.74) is 0. The predicted molar refractivity (Wildman–Crippen MR) is 80.3 cm³/mol. The SMILES string of the molecule is O=C(CCCCCCC1CCCCC1)NC1C[NH+]([O-])C1. The van der Waals surface area contributed by atoms with Crippen LogP contribution in [-0.2, 0) is 4.79 Å². The summed E-state index contributed by atoms with van der Waals surface area (Å²) < 4.78 is 0. The molecule has 0 unspecified atom stereocenters. The highest BCUT2D eigenvalue weighted by molar-refractivity contribution is 5.76. The van der Waals surface area contributed by atoms with Crippen molar-refractivity contribution in [3.05, 3.63) is 5.21 Å². The lowest BCUT2D eigenvalue weighted by atomic mass is 9.85. The number of hydrogen-bond acceptors (Lipinski definition) is 2. The monoisotopic (exact) mass is 282 g/mol. The lowest BCUT2D eigenvalue weighted by molar-refractivity contribution is -0.893. The standard InChI is InChI=1S/C16H30N2O2/c19-16(17-15-12-18(20)13-15)11-7-2-1-4-8-14-9-5-3-6-10-14/h14-15,18H,1-13H2,(H,17,19). The van der Waals surface area contributed by atoms with Crippen molar-refractivity contribution in [3.63, 3.8) is 0 Å². The zero-order valence-corrected chi connectivity index (χ0v) is 12.7. The zero-order valence-electron chi connectivity index (χ0n) is 12.7. The average molecular weight is 282 g/mol. The molecule has 116 valence electrons. The van der Waals surface area contributed by atoms with Crippen molar-refractivity contribution in [3.8, 4) is 0 Å². The van der Waals surface area contributed by atoms with Crippen LogP contribution in [0.1, 0.15) is 70.6 Å². The second kappa shape index (κ2) is 8.63. The van der Waals surface area contributed by atoms with E-state index in [0.29, 0.717) is 19.5 Å². The highest BCUT2D eigenvalue weighted by Crippen LogP contribution is 2.27. The van der Waals surface area contributed by atoms with Gasteiger partial charge in [0.25, 0.3) is 0 Å². The number of rotatable bonds is 8. The van der Waals surface area contributed by atoms with Crippen molar-refractivity contribution in [1.29, 1.82) is 0 Å². The summed E-state index contributed by atoms with van der Waals surface area (Å²) in [6.45, 7) is 1.10. The van der Waals surface area contributed by atoms with Gasteiger partial charge in [-0.3, -0.25) is 4.79 Å². The molecule has 0 aromatic carbocycles. The molecule has 4 heteroatoms. The van der Waals surface area contributed by atoms with Gasteiger partial charge < -0.3 is 15.6 Å². The van der Waals surface area contributed by atoms with Crippen LogP contribution >= 0.6 is 0 Å². The number of quaternary nitrogens is 1. The largest absolute Gasteiger partial charge is 0.634 e. The molecular weight excluding hydrogens is 252 g/mol. The lowest BCUT2D eigenvalue weighted by Gasteiger charge is -2.38. The van der Waals surface area contributed by atoms with Crippen molar-refractivity contribution in [2.24, 2.45) is 5.92 Å². The topological polar surface area (TPSA) is 56.6 Å². The molecule has 0 bridgehead atoms. The molecule has 2 fully saturated rings. The van der Waals surface area contributed by atoms with E-state index in [4.69, 9.17) is 0 Å². The van der Waals surface area contributed by atoms with Gasteiger partial charge in [0, 0.05) is 6.42 Å². The van der Waals surface area contributed by atoms with Crippen molar-refractivity contribution in [1.82, 2.24) is 5.32 Å². The van der Waals surface area contributed by atoms with Gasteiger partial charge in [0.2, 0.25) is 5.91 Å². The number of amides is 1. The van der Waals surface area contributed by atoms with E-state index in [0.717, 1.165) is 12.3 Å². The fourth-order valence-corrected chi connectivity index (χ4v) is 3.44. The number of carbonyl (C=O) groups excluding carboxylic acids is 1. The van der Waals surface area contributed by atoms with E-state index in [1.807, 2.05) is 0 Å². The second-order valence-corrected chi connectivity index (χ2v) is 6.67. The molecule has 1 aliphatic carbocycles. The first kappa shape index (κ1) is 15.8. The lowest BCUT2D eigenvalue weighted by Crippen LogP contribution is -3.18. The minimum atomic E-state index is 0.134. The normalized spacial score (nSPS) is 27.1. The molecule has 1 saturated heterocycles. The molecule has 0 radical (unpaired) electrons. The average Bonchev–Trinajstić information content (AvgIpc) is 2.42. The van der Waals surface area contributed by atoms with Crippen molar-refractivity contribution < 1.29 is 9.86 Å². The molecule has 0 aromatic heterocycles. The van der Waals surface area contributed by atoms with E-state index in [2.05, 4.69) is 5.32 Å². The van der Waals surface area contributed by atoms with Gasteiger partial charge in [0.1, 0.15) is 19.1 Å². The molecule has 0 spiro atoms. The minimum Gasteiger partial charge on any atom is -0.634 e. The molecule has 1 heterocycles. The van der Waals surface area contributed by atoms with Crippen LogP contribution in [0.3, 0.4) is 0 Å². The van der Waals surface area contributed by atoms with E-state index in [-0.39, 0.29) is 17.0 Å². The van der Waals surface area contributed by atoms with Gasteiger partial charge in [-0.15, -0.1) is 0 Å². The van der Waals surface area contributed by atoms with Gasteiger partial charge >= 0.3 is 0 Å². The van der Waals surface area contributed by atoms with Crippen molar-refractivity contribution in [2.75, 3.05) is 13.1 Å². The van der Waals surface area contributed by atoms with Gasteiger partial charge in [-0.1, -0.05) is 57.8 Å². The third kappa shape index (κ3) is 5.80. The van der Waals surface area contributed by atoms with E-state index in [9.17, 15) is 10.0 Å². The predicted octanol–water partition coefficient (Wildman–Crippen LogP) is 1.79. The molecule has 2 N–H and O–H groups in total. The molecule has 2 aliphatic rings. The first-order chi connectivity index (χ1) is 9.74. The van der Waals surface area contributed by atoms with Crippen molar-refractivity contribution >= 4 is 5.91 Å². The first-order valence-corrected chi connectivity index (χ1v) is 8.55. The van der Waals surface area contributed by atoms with E-state index in [1.165, 1.54) is 57.8 Å². The molecule has 1 saturated carbocycles. The molecule has 4 nitrogen and oxygen atoms in total. The summed E-state index contributed by atoms with van der Waals surface area (Å²) in [5, 5.41) is 14.0. The summed E-state index contributed by atoms with van der Waals surface area (Å²) in [6.07, 6.45) is 14.0. The Balaban J connectivity index is 1.38. The van der Waals surface area contributed by atoms with Gasteiger partial charge in [0.05, 0.1) is 0 Å². The molecule has 1 aliphatic heterocycles. The van der Waals surface area contributed by atoms with Crippen molar-refractivity contribution in [2.45, 2.75) is 76.7 Å². The molecule has 2 rings (SSSR count). The fourth-order valence-electron chi connectivity index (χ4n) is 3.44. The number of carbonyl (C=O) groups is 1. The molecular formula is C16H30N2O2. The highest BCUT2D eigenvalue weighted by atomic mass is 16.5.